The lowest BCUT2D eigenvalue weighted by Crippen LogP contribution is -2.14. The number of ether oxygens (including phenoxy) is 1. The topological polar surface area (TPSA) is 35.2 Å². The van der Waals surface area contributed by atoms with Crippen LogP contribution in [0.4, 0.5) is 4.39 Å². The highest BCUT2D eigenvalue weighted by atomic mass is 79.9. The van der Waals surface area contributed by atoms with Crippen molar-refractivity contribution in [2.75, 3.05) is 6.61 Å². The van der Waals surface area contributed by atoms with E-state index in [4.69, 9.17) is 10.5 Å². The van der Waals surface area contributed by atoms with Gasteiger partial charge in [0.1, 0.15) is 11.6 Å². The quantitative estimate of drug-likeness (QED) is 0.900. The minimum Gasteiger partial charge on any atom is -0.494 e. The number of rotatable bonds is 4. The Hall–Kier alpha value is -1.39. The van der Waals surface area contributed by atoms with Crippen molar-refractivity contribution in [3.8, 4) is 5.75 Å². The first kappa shape index (κ1) is 15.0. The third-order valence-corrected chi connectivity index (χ3v) is 3.64. The number of nitrogens with two attached hydrogens (primary N) is 1. The lowest BCUT2D eigenvalue weighted by Gasteiger charge is -2.18. The zero-order valence-electron chi connectivity index (χ0n) is 11.5. The molecule has 0 saturated carbocycles. The van der Waals surface area contributed by atoms with Crippen molar-refractivity contribution in [3.63, 3.8) is 0 Å². The molecule has 0 aromatic heterocycles. The molecule has 0 fully saturated rings. The summed E-state index contributed by atoms with van der Waals surface area (Å²) in [5.41, 5.74) is 8.65. The fourth-order valence-corrected chi connectivity index (χ4v) is 2.47. The molecule has 0 radical (unpaired) electrons. The van der Waals surface area contributed by atoms with Crippen molar-refractivity contribution >= 4 is 15.9 Å². The molecule has 0 bridgehead atoms. The van der Waals surface area contributed by atoms with E-state index in [2.05, 4.69) is 15.9 Å². The first-order valence-corrected chi connectivity index (χ1v) is 7.26. The van der Waals surface area contributed by atoms with Gasteiger partial charge in [0.15, 0.2) is 0 Å². The molecule has 1 unspecified atom stereocenters. The molecule has 0 aliphatic carbocycles. The van der Waals surface area contributed by atoms with Gasteiger partial charge in [-0.05, 0) is 49.2 Å². The zero-order chi connectivity index (χ0) is 14.7. The largest absolute Gasteiger partial charge is 0.494 e. The number of hydrogen-bond donors (Lipinski definition) is 1. The molecule has 2 nitrogen and oxygen atoms in total. The summed E-state index contributed by atoms with van der Waals surface area (Å²) in [5.74, 6) is 0.533. The third-order valence-electron chi connectivity index (χ3n) is 3.15. The van der Waals surface area contributed by atoms with Crippen LogP contribution in [-0.4, -0.2) is 6.61 Å². The van der Waals surface area contributed by atoms with E-state index in [0.717, 1.165) is 21.3 Å². The minimum absolute atomic E-state index is 0.222. The highest BCUT2D eigenvalue weighted by molar-refractivity contribution is 9.10. The van der Waals surface area contributed by atoms with Gasteiger partial charge in [0, 0.05) is 10.0 Å². The minimum atomic E-state index is -0.353. The molecule has 0 aliphatic rings. The average molecular weight is 338 g/mol. The molecular weight excluding hydrogens is 321 g/mol. The second-order valence-corrected chi connectivity index (χ2v) is 5.52. The highest BCUT2D eigenvalue weighted by Gasteiger charge is 2.15. The number of halogens is 2. The van der Waals surface area contributed by atoms with Gasteiger partial charge in [0.05, 0.1) is 12.6 Å². The van der Waals surface area contributed by atoms with Crippen LogP contribution >= 0.6 is 15.9 Å². The number of hydrogen-bond acceptors (Lipinski definition) is 2. The van der Waals surface area contributed by atoms with Gasteiger partial charge in [-0.3, -0.25) is 0 Å². The molecule has 0 heterocycles. The normalized spacial score (nSPS) is 12.2. The van der Waals surface area contributed by atoms with Crippen LogP contribution in [0.1, 0.15) is 29.7 Å². The van der Waals surface area contributed by atoms with E-state index < -0.39 is 0 Å². The van der Waals surface area contributed by atoms with E-state index in [-0.39, 0.29) is 11.9 Å². The van der Waals surface area contributed by atoms with Crippen LogP contribution in [0.3, 0.4) is 0 Å². The van der Waals surface area contributed by atoms with Crippen LogP contribution < -0.4 is 10.5 Å². The molecule has 1 atom stereocenters. The van der Waals surface area contributed by atoms with Crippen molar-refractivity contribution in [1.29, 1.82) is 0 Å². The second-order valence-electron chi connectivity index (χ2n) is 4.60. The highest BCUT2D eigenvalue weighted by Crippen LogP contribution is 2.31. The Labute approximate surface area is 126 Å². The molecule has 0 saturated heterocycles. The maximum atomic E-state index is 13.4. The Bertz CT molecular complexity index is 615. The molecule has 2 N–H and O–H groups in total. The van der Waals surface area contributed by atoms with Crippen molar-refractivity contribution in [2.24, 2.45) is 5.73 Å². The SMILES string of the molecule is CCOc1ccc(Br)cc1C(N)c1ccc(F)c(C)c1. The van der Waals surface area contributed by atoms with Crippen LogP contribution in [0, 0.1) is 12.7 Å². The lowest BCUT2D eigenvalue weighted by molar-refractivity contribution is 0.335. The predicted molar refractivity (Wildman–Crippen MR) is 82.5 cm³/mol. The summed E-state index contributed by atoms with van der Waals surface area (Å²) < 4.78 is 19.9. The third kappa shape index (κ3) is 3.19. The standard InChI is InChI=1S/C16H17BrFNO/c1-3-20-15-7-5-12(17)9-13(15)16(19)11-4-6-14(18)10(2)8-11/h4-9,16H,3,19H2,1-2H3. The summed E-state index contributed by atoms with van der Waals surface area (Å²) in [7, 11) is 0. The Balaban J connectivity index is 2.43. The van der Waals surface area contributed by atoms with Crippen molar-refractivity contribution in [2.45, 2.75) is 19.9 Å². The van der Waals surface area contributed by atoms with Gasteiger partial charge in [0.25, 0.3) is 0 Å². The molecule has 2 aromatic rings. The Morgan fingerprint density at radius 1 is 1.25 bits per heavy atom. The van der Waals surface area contributed by atoms with Gasteiger partial charge in [-0.15, -0.1) is 0 Å². The van der Waals surface area contributed by atoms with E-state index in [9.17, 15) is 4.39 Å². The van der Waals surface area contributed by atoms with E-state index in [1.807, 2.05) is 25.1 Å². The van der Waals surface area contributed by atoms with Crippen LogP contribution in [0.15, 0.2) is 40.9 Å². The number of benzene rings is 2. The zero-order valence-corrected chi connectivity index (χ0v) is 13.1. The first-order valence-electron chi connectivity index (χ1n) is 6.46. The monoisotopic (exact) mass is 337 g/mol. The Morgan fingerprint density at radius 2 is 2.00 bits per heavy atom. The van der Waals surface area contributed by atoms with Gasteiger partial charge < -0.3 is 10.5 Å². The van der Waals surface area contributed by atoms with Crippen LogP contribution in [0.25, 0.3) is 0 Å². The maximum absolute atomic E-state index is 13.4. The predicted octanol–water partition coefficient (Wildman–Crippen LogP) is 4.34. The summed E-state index contributed by atoms with van der Waals surface area (Å²) >= 11 is 3.44. The fourth-order valence-electron chi connectivity index (χ4n) is 2.09. The summed E-state index contributed by atoms with van der Waals surface area (Å²) in [6.07, 6.45) is 0. The van der Waals surface area contributed by atoms with E-state index in [0.29, 0.717) is 12.2 Å². The van der Waals surface area contributed by atoms with Gasteiger partial charge in [-0.25, -0.2) is 4.39 Å². The summed E-state index contributed by atoms with van der Waals surface area (Å²) in [6, 6.07) is 10.3. The van der Waals surface area contributed by atoms with Gasteiger partial charge in [-0.2, -0.15) is 0 Å². The molecule has 2 rings (SSSR count). The van der Waals surface area contributed by atoms with Gasteiger partial charge in [-0.1, -0.05) is 28.1 Å². The summed E-state index contributed by atoms with van der Waals surface area (Å²) in [6.45, 7) is 4.24. The maximum Gasteiger partial charge on any atom is 0.126 e. The van der Waals surface area contributed by atoms with E-state index in [1.165, 1.54) is 6.07 Å². The smallest absolute Gasteiger partial charge is 0.126 e. The molecule has 0 spiro atoms. The van der Waals surface area contributed by atoms with Crippen molar-refractivity contribution < 1.29 is 9.13 Å². The Morgan fingerprint density at radius 3 is 2.65 bits per heavy atom. The lowest BCUT2D eigenvalue weighted by atomic mass is 9.97. The Kier molecular flexibility index (Phi) is 4.78. The molecule has 2 aromatic carbocycles. The van der Waals surface area contributed by atoms with Crippen molar-refractivity contribution in [3.05, 3.63) is 63.4 Å². The van der Waals surface area contributed by atoms with Crippen LogP contribution in [0.5, 0.6) is 5.75 Å². The van der Waals surface area contributed by atoms with Gasteiger partial charge in [0.2, 0.25) is 0 Å². The van der Waals surface area contributed by atoms with Crippen LogP contribution in [-0.2, 0) is 0 Å². The summed E-state index contributed by atoms with van der Waals surface area (Å²) in [4.78, 5) is 0. The summed E-state index contributed by atoms with van der Waals surface area (Å²) in [5, 5.41) is 0. The molecular formula is C16H17BrFNO. The molecule has 0 amide bonds. The molecule has 0 aliphatic heterocycles. The number of aryl methyl sites for hydroxylation is 1. The van der Waals surface area contributed by atoms with Crippen molar-refractivity contribution in [1.82, 2.24) is 0 Å². The molecule has 4 heteroatoms. The average Bonchev–Trinajstić information content (AvgIpc) is 2.43. The second kappa shape index (κ2) is 6.37. The van der Waals surface area contributed by atoms with Crippen LogP contribution in [0.2, 0.25) is 0 Å². The van der Waals surface area contributed by atoms with Gasteiger partial charge >= 0.3 is 0 Å². The molecule has 20 heavy (non-hydrogen) atoms. The van der Waals surface area contributed by atoms with E-state index in [1.54, 1.807) is 19.1 Å². The fraction of sp³-hybridized carbons (Fsp3) is 0.250. The first-order chi connectivity index (χ1) is 9.52. The van der Waals surface area contributed by atoms with E-state index >= 15 is 0 Å². The molecule has 106 valence electrons.